The molecule has 5 aromatic rings. The van der Waals surface area contributed by atoms with Crippen molar-refractivity contribution in [1.82, 2.24) is 24.7 Å². The standard InChI is InChI=1S/C23H17F2N7/c24-15-4-3-5-16(12-15)32-21(26)19-20(17-6-1-2-7-18(17)25)29-23(30-22(19)31-32)28-13-14-8-10-27-11-9-14/h1-12H,13,26H2,(H,28,30,31). The Labute approximate surface area is 181 Å². The summed E-state index contributed by atoms with van der Waals surface area (Å²) in [5, 5.41) is 7.98. The quantitative estimate of drug-likeness (QED) is 0.431. The summed E-state index contributed by atoms with van der Waals surface area (Å²) in [5.41, 5.74) is 8.59. The Hall–Kier alpha value is -4.40. The van der Waals surface area contributed by atoms with Crippen molar-refractivity contribution in [3.63, 3.8) is 0 Å². The second-order valence-electron chi connectivity index (χ2n) is 7.06. The largest absolute Gasteiger partial charge is 0.383 e. The highest BCUT2D eigenvalue weighted by atomic mass is 19.1. The lowest BCUT2D eigenvalue weighted by atomic mass is 10.1. The van der Waals surface area contributed by atoms with Crippen molar-refractivity contribution in [2.45, 2.75) is 6.54 Å². The first-order valence-electron chi connectivity index (χ1n) is 9.80. The summed E-state index contributed by atoms with van der Waals surface area (Å²) >= 11 is 0. The molecule has 0 amide bonds. The number of anilines is 2. The minimum Gasteiger partial charge on any atom is -0.383 e. The van der Waals surface area contributed by atoms with Crippen LogP contribution in [0.25, 0.3) is 28.0 Å². The van der Waals surface area contributed by atoms with Crippen LogP contribution in [-0.4, -0.2) is 24.7 Å². The normalized spacial score (nSPS) is 11.1. The molecule has 2 aromatic carbocycles. The van der Waals surface area contributed by atoms with Gasteiger partial charge in [-0.15, -0.1) is 5.10 Å². The highest BCUT2D eigenvalue weighted by Gasteiger charge is 2.21. The van der Waals surface area contributed by atoms with Crippen molar-refractivity contribution >= 4 is 22.8 Å². The maximum absolute atomic E-state index is 14.7. The molecule has 7 nitrogen and oxygen atoms in total. The van der Waals surface area contributed by atoms with E-state index in [4.69, 9.17) is 5.73 Å². The predicted molar refractivity (Wildman–Crippen MR) is 118 cm³/mol. The Bertz CT molecular complexity index is 1420. The molecule has 3 N–H and O–H groups in total. The number of rotatable bonds is 5. The third-order valence-electron chi connectivity index (χ3n) is 4.95. The molecule has 0 unspecified atom stereocenters. The highest BCUT2D eigenvalue weighted by molar-refractivity contribution is 5.99. The number of hydrogen-bond acceptors (Lipinski definition) is 6. The van der Waals surface area contributed by atoms with Crippen molar-refractivity contribution in [2.75, 3.05) is 11.1 Å². The van der Waals surface area contributed by atoms with E-state index in [9.17, 15) is 8.78 Å². The number of nitrogen functional groups attached to an aromatic ring is 1. The van der Waals surface area contributed by atoms with Crippen molar-refractivity contribution in [1.29, 1.82) is 0 Å². The van der Waals surface area contributed by atoms with Gasteiger partial charge in [0.05, 0.1) is 16.8 Å². The van der Waals surface area contributed by atoms with Gasteiger partial charge in [-0.25, -0.2) is 18.4 Å². The van der Waals surface area contributed by atoms with Crippen LogP contribution in [0.3, 0.4) is 0 Å². The molecule has 0 fully saturated rings. The lowest BCUT2D eigenvalue weighted by Gasteiger charge is -2.09. The Balaban J connectivity index is 1.67. The van der Waals surface area contributed by atoms with E-state index in [-0.39, 0.29) is 23.0 Å². The van der Waals surface area contributed by atoms with Gasteiger partial charge in [-0.3, -0.25) is 4.98 Å². The molecule has 0 spiro atoms. The molecule has 5 rings (SSSR count). The third-order valence-corrected chi connectivity index (χ3v) is 4.95. The number of nitrogens with two attached hydrogens (primary N) is 1. The van der Waals surface area contributed by atoms with E-state index in [2.05, 4.69) is 25.4 Å². The van der Waals surface area contributed by atoms with Crippen LogP contribution in [0.2, 0.25) is 0 Å². The molecule has 0 aliphatic heterocycles. The van der Waals surface area contributed by atoms with Gasteiger partial charge in [-0.05, 0) is 48.0 Å². The minimum absolute atomic E-state index is 0.185. The maximum atomic E-state index is 14.7. The van der Waals surface area contributed by atoms with Gasteiger partial charge in [-0.2, -0.15) is 4.98 Å². The first kappa shape index (κ1) is 19.6. The molecular formula is C23H17F2N7. The summed E-state index contributed by atoms with van der Waals surface area (Å²) in [5.74, 6) is -0.437. The van der Waals surface area contributed by atoms with Gasteiger partial charge in [-0.1, -0.05) is 18.2 Å². The molecule has 0 radical (unpaired) electrons. The summed E-state index contributed by atoms with van der Waals surface area (Å²) in [6.45, 7) is 0.435. The van der Waals surface area contributed by atoms with Crippen LogP contribution in [0.5, 0.6) is 0 Å². The predicted octanol–water partition coefficient (Wildman–Crippen LogP) is 4.35. The van der Waals surface area contributed by atoms with E-state index in [0.717, 1.165) is 5.56 Å². The van der Waals surface area contributed by atoms with Crippen LogP contribution in [0.15, 0.2) is 73.1 Å². The summed E-state index contributed by atoms with van der Waals surface area (Å²) < 4.78 is 29.9. The number of nitrogens with one attached hydrogen (secondary N) is 1. The number of halogens is 2. The molecular weight excluding hydrogens is 412 g/mol. The average molecular weight is 429 g/mol. The van der Waals surface area contributed by atoms with Gasteiger partial charge in [0.2, 0.25) is 5.95 Å². The lowest BCUT2D eigenvalue weighted by Crippen LogP contribution is -2.05. The first-order chi connectivity index (χ1) is 15.6. The fourth-order valence-electron chi connectivity index (χ4n) is 3.43. The topological polar surface area (TPSA) is 94.5 Å². The van der Waals surface area contributed by atoms with Crippen LogP contribution in [0, 0.1) is 11.6 Å². The zero-order chi connectivity index (χ0) is 22.1. The highest BCUT2D eigenvalue weighted by Crippen LogP contribution is 2.34. The van der Waals surface area contributed by atoms with E-state index >= 15 is 0 Å². The first-order valence-corrected chi connectivity index (χ1v) is 9.80. The van der Waals surface area contributed by atoms with E-state index in [1.807, 2.05) is 12.1 Å². The Morgan fingerprint density at radius 2 is 1.75 bits per heavy atom. The molecule has 0 saturated heterocycles. The van der Waals surface area contributed by atoms with Crippen LogP contribution in [0.1, 0.15) is 5.56 Å². The van der Waals surface area contributed by atoms with Crippen molar-refractivity contribution in [2.24, 2.45) is 0 Å². The minimum atomic E-state index is -0.453. The molecule has 9 heteroatoms. The van der Waals surface area contributed by atoms with Crippen molar-refractivity contribution in [3.8, 4) is 16.9 Å². The lowest BCUT2D eigenvalue weighted by molar-refractivity contribution is 0.625. The number of pyridine rings is 1. The SMILES string of the molecule is Nc1c2c(-c3ccccc3F)nc(NCc3ccncc3)nc2nn1-c1cccc(F)c1. The number of hydrogen-bond donors (Lipinski definition) is 2. The molecule has 3 aromatic heterocycles. The van der Waals surface area contributed by atoms with Gasteiger partial charge in [0.25, 0.3) is 0 Å². The van der Waals surface area contributed by atoms with Gasteiger partial charge in [0, 0.05) is 24.5 Å². The van der Waals surface area contributed by atoms with Gasteiger partial charge < -0.3 is 11.1 Å². The Morgan fingerprint density at radius 3 is 2.53 bits per heavy atom. The zero-order valence-electron chi connectivity index (χ0n) is 16.7. The summed E-state index contributed by atoms with van der Waals surface area (Å²) in [6.07, 6.45) is 3.38. The molecule has 158 valence electrons. The number of benzene rings is 2. The van der Waals surface area contributed by atoms with Crippen LogP contribution >= 0.6 is 0 Å². The van der Waals surface area contributed by atoms with E-state index in [1.54, 1.807) is 42.7 Å². The molecule has 32 heavy (non-hydrogen) atoms. The fourth-order valence-corrected chi connectivity index (χ4v) is 3.43. The van der Waals surface area contributed by atoms with Crippen LogP contribution in [-0.2, 0) is 6.54 Å². The second-order valence-corrected chi connectivity index (χ2v) is 7.06. The molecule has 0 bridgehead atoms. The molecule has 0 aliphatic rings. The monoisotopic (exact) mass is 429 g/mol. The number of nitrogens with zero attached hydrogens (tertiary/aromatic N) is 5. The smallest absolute Gasteiger partial charge is 0.225 e. The fraction of sp³-hybridized carbons (Fsp3) is 0.0435. The zero-order valence-corrected chi connectivity index (χ0v) is 16.7. The molecule has 0 saturated carbocycles. The van der Waals surface area contributed by atoms with Gasteiger partial charge in [0.1, 0.15) is 17.5 Å². The second kappa shape index (κ2) is 8.03. The van der Waals surface area contributed by atoms with Gasteiger partial charge >= 0.3 is 0 Å². The Kier molecular flexibility index (Phi) is 4.91. The number of aromatic nitrogens is 5. The van der Waals surface area contributed by atoms with Crippen LogP contribution in [0.4, 0.5) is 20.5 Å². The molecule has 3 heterocycles. The van der Waals surface area contributed by atoms with Crippen molar-refractivity contribution < 1.29 is 8.78 Å². The van der Waals surface area contributed by atoms with E-state index in [1.165, 1.54) is 22.9 Å². The summed E-state index contributed by atoms with van der Waals surface area (Å²) in [7, 11) is 0. The van der Waals surface area contributed by atoms with Gasteiger partial charge in [0.15, 0.2) is 5.65 Å². The van der Waals surface area contributed by atoms with E-state index < -0.39 is 11.6 Å². The van der Waals surface area contributed by atoms with Crippen molar-refractivity contribution in [3.05, 3.63) is 90.3 Å². The Morgan fingerprint density at radius 1 is 0.938 bits per heavy atom. The third kappa shape index (κ3) is 3.60. The summed E-state index contributed by atoms with van der Waals surface area (Å²) in [4.78, 5) is 13.0. The molecule has 0 atom stereocenters. The maximum Gasteiger partial charge on any atom is 0.225 e. The van der Waals surface area contributed by atoms with E-state index in [0.29, 0.717) is 23.3 Å². The average Bonchev–Trinajstić information content (AvgIpc) is 3.15. The summed E-state index contributed by atoms with van der Waals surface area (Å²) in [6, 6.07) is 15.9. The number of fused-ring (bicyclic) bond motifs is 1. The molecule has 0 aliphatic carbocycles. The van der Waals surface area contributed by atoms with Crippen LogP contribution < -0.4 is 11.1 Å².